The van der Waals surface area contributed by atoms with Gasteiger partial charge in [0, 0.05) is 38.4 Å². The number of carbonyl (C=O) groups is 1. The molecule has 122 valence electrons. The van der Waals surface area contributed by atoms with Crippen LogP contribution in [-0.4, -0.2) is 47.7 Å². The SMILES string of the molecule is Cc1cc(CN2CCN(C(=O)OC(C)(C)C)CC2)ccc1N. The van der Waals surface area contributed by atoms with Crippen molar-refractivity contribution < 1.29 is 9.53 Å². The van der Waals surface area contributed by atoms with Crippen molar-refractivity contribution in [3.8, 4) is 0 Å². The molecular weight excluding hydrogens is 278 g/mol. The second-order valence-electron chi connectivity index (χ2n) is 6.93. The molecule has 22 heavy (non-hydrogen) atoms. The van der Waals surface area contributed by atoms with Gasteiger partial charge in [0.15, 0.2) is 0 Å². The van der Waals surface area contributed by atoms with Crippen molar-refractivity contribution in [3.63, 3.8) is 0 Å². The van der Waals surface area contributed by atoms with Crippen LogP contribution in [0, 0.1) is 6.92 Å². The van der Waals surface area contributed by atoms with Gasteiger partial charge in [-0.2, -0.15) is 0 Å². The molecule has 2 rings (SSSR count). The third kappa shape index (κ3) is 4.63. The Balaban J connectivity index is 1.84. The van der Waals surface area contributed by atoms with Gasteiger partial charge in [-0.3, -0.25) is 4.90 Å². The zero-order valence-electron chi connectivity index (χ0n) is 14.1. The molecule has 0 spiro atoms. The molecule has 0 bridgehead atoms. The summed E-state index contributed by atoms with van der Waals surface area (Å²) < 4.78 is 5.41. The normalized spacial score (nSPS) is 16.6. The average Bonchev–Trinajstić information content (AvgIpc) is 2.42. The lowest BCUT2D eigenvalue weighted by atomic mass is 10.1. The zero-order valence-corrected chi connectivity index (χ0v) is 14.1. The van der Waals surface area contributed by atoms with E-state index in [2.05, 4.69) is 17.0 Å². The maximum atomic E-state index is 12.0. The van der Waals surface area contributed by atoms with Crippen LogP contribution >= 0.6 is 0 Å². The molecule has 0 aromatic heterocycles. The van der Waals surface area contributed by atoms with Crippen LogP contribution in [0.15, 0.2) is 18.2 Å². The van der Waals surface area contributed by atoms with E-state index in [1.165, 1.54) is 5.56 Å². The molecule has 0 unspecified atom stereocenters. The minimum Gasteiger partial charge on any atom is -0.444 e. The molecule has 0 aliphatic carbocycles. The monoisotopic (exact) mass is 305 g/mol. The molecule has 1 aliphatic rings. The van der Waals surface area contributed by atoms with Gasteiger partial charge in [-0.1, -0.05) is 12.1 Å². The Hall–Kier alpha value is -1.75. The Labute approximate surface area is 133 Å². The van der Waals surface area contributed by atoms with Gasteiger partial charge in [-0.15, -0.1) is 0 Å². The number of amides is 1. The molecule has 1 aliphatic heterocycles. The number of nitrogen functional groups attached to an aromatic ring is 1. The van der Waals surface area contributed by atoms with Gasteiger partial charge >= 0.3 is 6.09 Å². The van der Waals surface area contributed by atoms with Crippen LogP contribution in [0.2, 0.25) is 0 Å². The molecule has 1 aromatic rings. The molecule has 1 saturated heterocycles. The topological polar surface area (TPSA) is 58.8 Å². The molecular formula is C17H27N3O2. The maximum absolute atomic E-state index is 12.0. The second-order valence-corrected chi connectivity index (χ2v) is 6.93. The lowest BCUT2D eigenvalue weighted by molar-refractivity contribution is 0.0139. The number of ether oxygens (including phenoxy) is 1. The Morgan fingerprint density at radius 2 is 1.86 bits per heavy atom. The van der Waals surface area contributed by atoms with Gasteiger partial charge in [0.05, 0.1) is 0 Å². The van der Waals surface area contributed by atoms with Crippen molar-refractivity contribution in [3.05, 3.63) is 29.3 Å². The molecule has 1 aromatic carbocycles. The van der Waals surface area contributed by atoms with Gasteiger partial charge in [-0.05, 0) is 44.9 Å². The fourth-order valence-electron chi connectivity index (χ4n) is 2.51. The number of nitrogens with two attached hydrogens (primary N) is 1. The van der Waals surface area contributed by atoms with Crippen molar-refractivity contribution >= 4 is 11.8 Å². The highest BCUT2D eigenvalue weighted by Crippen LogP contribution is 2.16. The number of hydrogen-bond donors (Lipinski definition) is 1. The third-order valence-electron chi connectivity index (χ3n) is 3.76. The van der Waals surface area contributed by atoms with Crippen molar-refractivity contribution in [1.82, 2.24) is 9.80 Å². The Morgan fingerprint density at radius 3 is 2.41 bits per heavy atom. The van der Waals surface area contributed by atoms with Crippen LogP contribution in [0.4, 0.5) is 10.5 Å². The fourth-order valence-corrected chi connectivity index (χ4v) is 2.51. The summed E-state index contributed by atoms with van der Waals surface area (Å²) >= 11 is 0. The number of benzene rings is 1. The number of piperazine rings is 1. The van der Waals surface area contributed by atoms with Crippen LogP contribution in [-0.2, 0) is 11.3 Å². The number of nitrogens with zero attached hydrogens (tertiary/aromatic N) is 2. The second kappa shape index (κ2) is 6.57. The quantitative estimate of drug-likeness (QED) is 0.853. The van der Waals surface area contributed by atoms with E-state index in [0.717, 1.165) is 30.9 Å². The predicted molar refractivity (Wildman–Crippen MR) is 88.7 cm³/mol. The number of carbonyl (C=O) groups excluding carboxylic acids is 1. The number of rotatable bonds is 2. The van der Waals surface area contributed by atoms with Crippen molar-refractivity contribution in [2.45, 2.75) is 39.8 Å². The maximum Gasteiger partial charge on any atom is 0.410 e. The van der Waals surface area contributed by atoms with Gasteiger partial charge in [-0.25, -0.2) is 4.79 Å². The van der Waals surface area contributed by atoms with E-state index in [1.807, 2.05) is 33.8 Å². The summed E-state index contributed by atoms with van der Waals surface area (Å²) in [6.07, 6.45) is -0.213. The highest BCUT2D eigenvalue weighted by atomic mass is 16.6. The van der Waals surface area contributed by atoms with Crippen molar-refractivity contribution in [1.29, 1.82) is 0 Å². The van der Waals surface area contributed by atoms with Crippen LogP contribution in [0.5, 0.6) is 0 Å². The summed E-state index contributed by atoms with van der Waals surface area (Å²) in [5.41, 5.74) is 8.63. The van der Waals surface area contributed by atoms with E-state index in [0.29, 0.717) is 13.1 Å². The summed E-state index contributed by atoms with van der Waals surface area (Å²) in [6.45, 7) is 11.7. The third-order valence-corrected chi connectivity index (χ3v) is 3.76. The van der Waals surface area contributed by atoms with E-state index in [4.69, 9.17) is 10.5 Å². The first-order valence-corrected chi connectivity index (χ1v) is 7.80. The van der Waals surface area contributed by atoms with Crippen LogP contribution in [0.1, 0.15) is 31.9 Å². The standard InChI is InChI=1S/C17H27N3O2/c1-13-11-14(5-6-15(13)18)12-19-7-9-20(10-8-19)16(21)22-17(2,3)4/h5-6,11H,7-10,12,18H2,1-4H3. The minimum atomic E-state index is -0.435. The molecule has 0 atom stereocenters. The summed E-state index contributed by atoms with van der Waals surface area (Å²) in [5.74, 6) is 0. The van der Waals surface area contributed by atoms with Gasteiger partial charge in [0.2, 0.25) is 0 Å². The molecule has 1 heterocycles. The van der Waals surface area contributed by atoms with E-state index in [9.17, 15) is 4.79 Å². The summed E-state index contributed by atoms with van der Waals surface area (Å²) in [7, 11) is 0. The number of aryl methyl sites for hydroxylation is 1. The predicted octanol–water partition coefficient (Wildman–Crippen LogP) is 2.63. The Bertz CT molecular complexity index is 529. The van der Waals surface area contributed by atoms with E-state index >= 15 is 0 Å². The summed E-state index contributed by atoms with van der Waals surface area (Å²) in [6, 6.07) is 6.17. The van der Waals surface area contributed by atoms with Gasteiger partial charge in [0.1, 0.15) is 5.60 Å². The van der Waals surface area contributed by atoms with Gasteiger partial charge in [0.25, 0.3) is 0 Å². The molecule has 5 nitrogen and oxygen atoms in total. The van der Waals surface area contributed by atoms with Crippen LogP contribution in [0.3, 0.4) is 0 Å². The highest BCUT2D eigenvalue weighted by Gasteiger charge is 2.25. The molecule has 1 amide bonds. The van der Waals surface area contributed by atoms with E-state index in [1.54, 1.807) is 4.90 Å². The minimum absolute atomic E-state index is 0.213. The van der Waals surface area contributed by atoms with Crippen LogP contribution < -0.4 is 5.73 Å². The van der Waals surface area contributed by atoms with Crippen molar-refractivity contribution in [2.75, 3.05) is 31.9 Å². The first-order valence-electron chi connectivity index (χ1n) is 7.80. The fraction of sp³-hybridized carbons (Fsp3) is 0.588. The molecule has 5 heteroatoms. The molecule has 0 radical (unpaired) electrons. The summed E-state index contributed by atoms with van der Waals surface area (Å²) in [4.78, 5) is 16.2. The number of anilines is 1. The van der Waals surface area contributed by atoms with Crippen LogP contribution in [0.25, 0.3) is 0 Å². The first-order chi connectivity index (χ1) is 10.2. The zero-order chi connectivity index (χ0) is 16.3. The average molecular weight is 305 g/mol. The largest absolute Gasteiger partial charge is 0.444 e. The Kier molecular flexibility index (Phi) is 4.96. The molecule has 2 N–H and O–H groups in total. The first kappa shape index (κ1) is 16.6. The Morgan fingerprint density at radius 1 is 1.23 bits per heavy atom. The molecule has 0 saturated carbocycles. The van der Waals surface area contributed by atoms with E-state index in [-0.39, 0.29) is 6.09 Å². The lowest BCUT2D eigenvalue weighted by Crippen LogP contribution is -2.49. The van der Waals surface area contributed by atoms with Gasteiger partial charge < -0.3 is 15.4 Å². The van der Waals surface area contributed by atoms with Crippen molar-refractivity contribution in [2.24, 2.45) is 0 Å². The molecule has 1 fully saturated rings. The summed E-state index contributed by atoms with van der Waals surface area (Å²) in [5, 5.41) is 0. The lowest BCUT2D eigenvalue weighted by Gasteiger charge is -2.35. The number of hydrogen-bond acceptors (Lipinski definition) is 4. The van der Waals surface area contributed by atoms with E-state index < -0.39 is 5.60 Å². The smallest absolute Gasteiger partial charge is 0.410 e. The highest BCUT2D eigenvalue weighted by molar-refractivity contribution is 5.68.